The van der Waals surface area contributed by atoms with E-state index in [2.05, 4.69) is 10.2 Å². The summed E-state index contributed by atoms with van der Waals surface area (Å²) in [7, 11) is 0. The van der Waals surface area contributed by atoms with E-state index in [1.54, 1.807) is 0 Å². The molecule has 0 aromatic carbocycles. The summed E-state index contributed by atoms with van der Waals surface area (Å²) in [6, 6.07) is 0.415. The minimum absolute atomic E-state index is 0.0888. The second kappa shape index (κ2) is 5.83. The van der Waals surface area contributed by atoms with Crippen LogP contribution in [-0.2, 0) is 4.79 Å². The zero-order valence-electron chi connectivity index (χ0n) is 12.5. The Morgan fingerprint density at radius 2 is 1.90 bits per heavy atom. The van der Waals surface area contributed by atoms with E-state index < -0.39 is 11.4 Å². The van der Waals surface area contributed by atoms with E-state index in [9.17, 15) is 14.7 Å². The highest BCUT2D eigenvalue weighted by Crippen LogP contribution is 2.37. The van der Waals surface area contributed by atoms with Gasteiger partial charge in [0.15, 0.2) is 0 Å². The number of piperazine rings is 1. The highest BCUT2D eigenvalue weighted by molar-refractivity contribution is 5.78. The zero-order valence-corrected chi connectivity index (χ0v) is 12.5. The van der Waals surface area contributed by atoms with Gasteiger partial charge in [0.25, 0.3) is 0 Å². The van der Waals surface area contributed by atoms with Crippen LogP contribution >= 0.6 is 0 Å². The number of amides is 2. The summed E-state index contributed by atoms with van der Waals surface area (Å²) in [5.74, 6) is -0.763. The van der Waals surface area contributed by atoms with E-state index in [-0.39, 0.29) is 12.6 Å². The molecule has 6 heteroatoms. The van der Waals surface area contributed by atoms with Crippen molar-refractivity contribution in [3.63, 3.8) is 0 Å². The van der Waals surface area contributed by atoms with E-state index in [4.69, 9.17) is 0 Å². The monoisotopic (exact) mass is 295 g/mol. The van der Waals surface area contributed by atoms with Crippen molar-refractivity contribution in [2.24, 2.45) is 5.41 Å². The molecular weight excluding hydrogens is 270 g/mol. The molecular formula is C15H25N3O3. The molecule has 0 bridgehead atoms. The topological polar surface area (TPSA) is 72.9 Å². The summed E-state index contributed by atoms with van der Waals surface area (Å²) in [6.07, 6.45) is 5.65. The van der Waals surface area contributed by atoms with E-state index >= 15 is 0 Å². The second-order valence-electron chi connectivity index (χ2n) is 6.73. The molecule has 21 heavy (non-hydrogen) atoms. The van der Waals surface area contributed by atoms with Crippen molar-refractivity contribution in [2.45, 2.75) is 44.6 Å². The number of aliphatic carboxylic acids is 1. The average molecular weight is 295 g/mol. The lowest BCUT2D eigenvalue weighted by atomic mass is 9.86. The van der Waals surface area contributed by atoms with Crippen LogP contribution in [0.15, 0.2) is 0 Å². The minimum atomic E-state index is -0.763. The maximum atomic E-state index is 12.3. The zero-order chi connectivity index (χ0) is 14.9. The third-order valence-electron chi connectivity index (χ3n) is 5.47. The number of rotatable bonds is 3. The summed E-state index contributed by atoms with van der Waals surface area (Å²) in [4.78, 5) is 28.1. The number of nitrogens with zero attached hydrogens (tertiary/aromatic N) is 2. The molecule has 0 spiro atoms. The number of carbonyl (C=O) groups is 2. The molecule has 2 N–H and O–H groups in total. The average Bonchev–Trinajstić information content (AvgIpc) is 3.13. The second-order valence-corrected chi connectivity index (χ2v) is 6.73. The van der Waals surface area contributed by atoms with Crippen LogP contribution in [0.2, 0.25) is 0 Å². The number of nitrogens with one attached hydrogen (secondary N) is 1. The first-order valence-corrected chi connectivity index (χ1v) is 8.11. The van der Waals surface area contributed by atoms with Crippen LogP contribution in [0.5, 0.6) is 0 Å². The van der Waals surface area contributed by atoms with Crippen LogP contribution in [-0.4, -0.2) is 65.7 Å². The molecule has 1 unspecified atom stereocenters. The Labute approximate surface area is 125 Å². The number of hydrogen-bond acceptors (Lipinski definition) is 3. The van der Waals surface area contributed by atoms with Crippen molar-refractivity contribution in [1.82, 2.24) is 15.1 Å². The van der Waals surface area contributed by atoms with Crippen LogP contribution in [0.1, 0.15) is 38.5 Å². The van der Waals surface area contributed by atoms with Gasteiger partial charge in [0.1, 0.15) is 0 Å². The number of hydrogen-bond donors (Lipinski definition) is 2. The molecule has 1 atom stereocenters. The predicted octanol–water partition coefficient (Wildman–Crippen LogP) is 1.12. The highest BCUT2D eigenvalue weighted by Gasteiger charge is 2.42. The molecule has 2 heterocycles. The third-order valence-corrected chi connectivity index (χ3v) is 5.47. The Balaban J connectivity index is 1.53. The molecule has 3 rings (SSSR count). The lowest BCUT2D eigenvalue weighted by Crippen LogP contribution is -2.55. The van der Waals surface area contributed by atoms with Gasteiger partial charge in [-0.05, 0) is 32.2 Å². The first kappa shape index (κ1) is 14.6. The van der Waals surface area contributed by atoms with E-state index in [0.717, 1.165) is 39.0 Å². The van der Waals surface area contributed by atoms with E-state index in [1.807, 2.05) is 4.90 Å². The van der Waals surface area contributed by atoms with Gasteiger partial charge in [-0.15, -0.1) is 0 Å². The Bertz CT molecular complexity index is 420. The van der Waals surface area contributed by atoms with Crippen LogP contribution in [0.25, 0.3) is 0 Å². The maximum absolute atomic E-state index is 12.3. The van der Waals surface area contributed by atoms with Gasteiger partial charge in [0, 0.05) is 32.2 Å². The molecule has 2 aliphatic heterocycles. The Kier molecular flexibility index (Phi) is 4.06. The summed E-state index contributed by atoms with van der Waals surface area (Å²) >= 11 is 0. The normalized spacial score (nSPS) is 28.4. The summed E-state index contributed by atoms with van der Waals surface area (Å²) in [5, 5.41) is 12.3. The first-order valence-electron chi connectivity index (χ1n) is 8.11. The van der Waals surface area contributed by atoms with Gasteiger partial charge in [-0.25, -0.2) is 4.79 Å². The van der Waals surface area contributed by atoms with Crippen molar-refractivity contribution >= 4 is 12.0 Å². The van der Waals surface area contributed by atoms with Crippen molar-refractivity contribution in [2.75, 3.05) is 32.7 Å². The molecule has 0 aromatic rings. The van der Waals surface area contributed by atoms with E-state index in [0.29, 0.717) is 18.9 Å². The SMILES string of the molecule is O=C(NCC1(C(=O)O)CCCC1)N1CCN2CCCC2C1. The summed E-state index contributed by atoms with van der Waals surface area (Å²) < 4.78 is 0. The third kappa shape index (κ3) is 2.86. The lowest BCUT2D eigenvalue weighted by Gasteiger charge is -2.38. The van der Waals surface area contributed by atoms with Crippen LogP contribution in [0.4, 0.5) is 4.79 Å². The van der Waals surface area contributed by atoms with Crippen molar-refractivity contribution < 1.29 is 14.7 Å². The molecule has 3 aliphatic rings. The fourth-order valence-corrected chi connectivity index (χ4v) is 4.05. The smallest absolute Gasteiger partial charge is 0.317 e. The number of carboxylic acid groups (broad SMARTS) is 1. The van der Waals surface area contributed by atoms with Crippen molar-refractivity contribution in [3.8, 4) is 0 Å². The number of carbonyl (C=O) groups excluding carboxylic acids is 1. The van der Waals surface area contributed by atoms with Gasteiger partial charge in [-0.3, -0.25) is 9.69 Å². The first-order chi connectivity index (χ1) is 10.1. The van der Waals surface area contributed by atoms with Crippen LogP contribution in [0, 0.1) is 5.41 Å². The molecule has 2 amide bonds. The molecule has 118 valence electrons. The van der Waals surface area contributed by atoms with Gasteiger partial charge in [0.2, 0.25) is 0 Å². The van der Waals surface area contributed by atoms with Crippen molar-refractivity contribution in [3.05, 3.63) is 0 Å². The number of urea groups is 1. The Hall–Kier alpha value is -1.30. The van der Waals surface area contributed by atoms with Gasteiger partial charge < -0.3 is 15.3 Å². The Morgan fingerprint density at radius 1 is 1.14 bits per heavy atom. The molecule has 2 saturated heterocycles. The molecule has 0 radical (unpaired) electrons. The largest absolute Gasteiger partial charge is 0.481 e. The van der Waals surface area contributed by atoms with Gasteiger partial charge in [-0.2, -0.15) is 0 Å². The molecule has 1 saturated carbocycles. The van der Waals surface area contributed by atoms with Gasteiger partial charge >= 0.3 is 12.0 Å². The highest BCUT2D eigenvalue weighted by atomic mass is 16.4. The number of carboxylic acids is 1. The fraction of sp³-hybridized carbons (Fsp3) is 0.867. The molecule has 3 fully saturated rings. The quantitative estimate of drug-likeness (QED) is 0.818. The van der Waals surface area contributed by atoms with Crippen LogP contribution in [0.3, 0.4) is 0 Å². The maximum Gasteiger partial charge on any atom is 0.317 e. The summed E-state index contributed by atoms with van der Waals surface area (Å²) in [5.41, 5.74) is -0.731. The fourth-order valence-electron chi connectivity index (χ4n) is 4.05. The lowest BCUT2D eigenvalue weighted by molar-refractivity contribution is -0.148. The van der Waals surface area contributed by atoms with E-state index in [1.165, 1.54) is 12.8 Å². The number of fused-ring (bicyclic) bond motifs is 1. The summed E-state index contributed by atoms with van der Waals surface area (Å²) in [6.45, 7) is 3.91. The van der Waals surface area contributed by atoms with Crippen molar-refractivity contribution in [1.29, 1.82) is 0 Å². The predicted molar refractivity (Wildman–Crippen MR) is 78.1 cm³/mol. The Morgan fingerprint density at radius 3 is 2.62 bits per heavy atom. The van der Waals surface area contributed by atoms with Crippen LogP contribution < -0.4 is 5.32 Å². The minimum Gasteiger partial charge on any atom is -0.481 e. The van der Waals surface area contributed by atoms with Gasteiger partial charge in [-0.1, -0.05) is 12.8 Å². The molecule has 6 nitrogen and oxygen atoms in total. The van der Waals surface area contributed by atoms with Gasteiger partial charge in [0.05, 0.1) is 5.41 Å². The standard InChI is InChI=1S/C15H25N3O3/c19-13(20)15(5-1-2-6-15)11-16-14(21)18-9-8-17-7-3-4-12(17)10-18/h12H,1-11H2,(H,16,21)(H,19,20). The molecule has 1 aliphatic carbocycles. The molecule has 0 aromatic heterocycles.